The Morgan fingerprint density at radius 2 is 1.72 bits per heavy atom. The fraction of sp³-hybridized carbons (Fsp3) is 0.684. The summed E-state index contributed by atoms with van der Waals surface area (Å²) in [6.45, 7) is 10.5. The quantitative estimate of drug-likeness (QED) is 0.606. The normalized spacial score (nSPS) is 23.8. The van der Waals surface area contributed by atoms with E-state index in [0.717, 1.165) is 42.0 Å². The molecule has 0 saturated carbocycles. The highest BCUT2D eigenvalue weighted by atomic mass is 32.2. The molecule has 0 aromatic heterocycles. The van der Waals surface area contributed by atoms with Crippen molar-refractivity contribution in [3.05, 3.63) is 18.2 Å². The van der Waals surface area contributed by atoms with E-state index in [9.17, 15) is 0 Å². The van der Waals surface area contributed by atoms with Gasteiger partial charge in [-0.2, -0.15) is 0 Å². The highest BCUT2D eigenvalue weighted by molar-refractivity contribution is 7.98. The van der Waals surface area contributed by atoms with Crippen LogP contribution in [0.4, 0.5) is 0 Å². The number of rotatable bonds is 4. The standard InChI is InChI=1S/C19H30BNO3S/c1-18(2)19(3,4)24-20(23-18)14-7-8-16(17(13-14)25-6)22-15-9-11-21(5)12-10-15/h7-8,13,15H,9-12H2,1-6H3. The summed E-state index contributed by atoms with van der Waals surface area (Å²) in [5.74, 6) is 0.974. The Bertz CT molecular complexity index is 599. The van der Waals surface area contributed by atoms with Crippen molar-refractivity contribution in [2.24, 2.45) is 0 Å². The molecule has 0 atom stereocenters. The summed E-state index contributed by atoms with van der Waals surface area (Å²) in [7, 11) is 1.84. The minimum Gasteiger partial charge on any atom is -0.489 e. The minimum atomic E-state index is -0.326. The summed E-state index contributed by atoms with van der Waals surface area (Å²) in [5.41, 5.74) is 0.416. The Labute approximate surface area is 156 Å². The molecular formula is C19H30BNO3S. The third-order valence-corrected chi connectivity index (χ3v) is 6.43. The average molecular weight is 363 g/mol. The van der Waals surface area contributed by atoms with Crippen molar-refractivity contribution in [2.45, 2.75) is 62.7 Å². The van der Waals surface area contributed by atoms with Gasteiger partial charge in [-0.25, -0.2) is 0 Å². The first-order valence-electron chi connectivity index (χ1n) is 9.10. The number of benzene rings is 1. The molecule has 0 radical (unpaired) electrons. The first-order chi connectivity index (χ1) is 11.7. The van der Waals surface area contributed by atoms with Crippen LogP contribution < -0.4 is 10.2 Å². The molecule has 2 saturated heterocycles. The molecule has 0 spiro atoms. The summed E-state index contributed by atoms with van der Waals surface area (Å²) in [6.07, 6.45) is 4.57. The third kappa shape index (κ3) is 4.02. The lowest BCUT2D eigenvalue weighted by Crippen LogP contribution is -2.41. The topological polar surface area (TPSA) is 30.9 Å². The van der Waals surface area contributed by atoms with Gasteiger partial charge >= 0.3 is 7.12 Å². The van der Waals surface area contributed by atoms with Gasteiger partial charge in [-0.05, 0) is 71.4 Å². The molecule has 1 aromatic rings. The van der Waals surface area contributed by atoms with Gasteiger partial charge in [0.05, 0.1) is 11.2 Å². The second-order valence-electron chi connectivity index (χ2n) is 8.12. The summed E-state index contributed by atoms with van der Waals surface area (Å²) in [4.78, 5) is 3.50. The van der Waals surface area contributed by atoms with E-state index in [2.05, 4.69) is 64.1 Å². The molecule has 0 amide bonds. The van der Waals surface area contributed by atoms with Gasteiger partial charge in [0.2, 0.25) is 0 Å². The zero-order valence-electron chi connectivity index (χ0n) is 16.3. The molecule has 2 aliphatic heterocycles. The van der Waals surface area contributed by atoms with Gasteiger partial charge in [-0.3, -0.25) is 0 Å². The van der Waals surface area contributed by atoms with Crippen molar-refractivity contribution in [3.8, 4) is 5.75 Å². The Hall–Kier alpha value is -0.685. The van der Waals surface area contributed by atoms with E-state index in [0.29, 0.717) is 6.10 Å². The van der Waals surface area contributed by atoms with Crippen LogP contribution in [0.5, 0.6) is 5.75 Å². The van der Waals surface area contributed by atoms with Crippen molar-refractivity contribution >= 4 is 24.3 Å². The van der Waals surface area contributed by atoms with E-state index >= 15 is 0 Å². The number of likely N-dealkylation sites (tertiary alicyclic amines) is 1. The molecular weight excluding hydrogens is 333 g/mol. The van der Waals surface area contributed by atoms with Crippen LogP contribution in [0.1, 0.15) is 40.5 Å². The number of piperidine rings is 1. The molecule has 6 heteroatoms. The molecule has 138 valence electrons. The van der Waals surface area contributed by atoms with Crippen LogP contribution in [0.15, 0.2) is 23.1 Å². The highest BCUT2D eigenvalue weighted by Crippen LogP contribution is 2.37. The van der Waals surface area contributed by atoms with Gasteiger partial charge in [0, 0.05) is 18.0 Å². The van der Waals surface area contributed by atoms with Gasteiger partial charge in [0.15, 0.2) is 0 Å². The van der Waals surface area contributed by atoms with Crippen molar-refractivity contribution < 1.29 is 14.0 Å². The van der Waals surface area contributed by atoms with E-state index in [4.69, 9.17) is 14.0 Å². The largest absolute Gasteiger partial charge is 0.494 e. The van der Waals surface area contributed by atoms with Gasteiger partial charge in [0.25, 0.3) is 0 Å². The zero-order chi connectivity index (χ0) is 18.2. The van der Waals surface area contributed by atoms with Crippen LogP contribution >= 0.6 is 11.8 Å². The first-order valence-corrected chi connectivity index (χ1v) is 10.3. The lowest BCUT2D eigenvalue weighted by Gasteiger charge is -2.32. The second-order valence-corrected chi connectivity index (χ2v) is 8.97. The zero-order valence-corrected chi connectivity index (χ0v) is 17.1. The van der Waals surface area contributed by atoms with Crippen LogP contribution in [0, 0.1) is 0 Å². The molecule has 2 aliphatic rings. The monoisotopic (exact) mass is 363 g/mol. The first kappa shape index (κ1) is 19.1. The Morgan fingerprint density at radius 3 is 2.28 bits per heavy atom. The maximum Gasteiger partial charge on any atom is 0.494 e. The molecule has 1 aromatic carbocycles. The molecule has 0 unspecified atom stereocenters. The van der Waals surface area contributed by atoms with E-state index < -0.39 is 0 Å². The number of hydrogen-bond acceptors (Lipinski definition) is 5. The lowest BCUT2D eigenvalue weighted by molar-refractivity contribution is 0.00578. The molecule has 0 bridgehead atoms. The smallest absolute Gasteiger partial charge is 0.489 e. The molecule has 25 heavy (non-hydrogen) atoms. The molecule has 4 nitrogen and oxygen atoms in total. The van der Waals surface area contributed by atoms with E-state index in [-0.39, 0.29) is 18.3 Å². The van der Waals surface area contributed by atoms with Gasteiger partial charge in [0.1, 0.15) is 11.9 Å². The van der Waals surface area contributed by atoms with Crippen molar-refractivity contribution in [2.75, 3.05) is 26.4 Å². The Kier molecular flexibility index (Phi) is 5.45. The number of nitrogens with zero attached hydrogens (tertiary/aromatic N) is 1. The molecule has 0 aliphatic carbocycles. The predicted molar refractivity (Wildman–Crippen MR) is 105 cm³/mol. The Balaban J connectivity index is 1.74. The highest BCUT2D eigenvalue weighted by Gasteiger charge is 2.51. The summed E-state index contributed by atoms with van der Waals surface area (Å²) < 4.78 is 18.6. The van der Waals surface area contributed by atoms with Crippen molar-refractivity contribution in [3.63, 3.8) is 0 Å². The van der Waals surface area contributed by atoms with Gasteiger partial charge in [-0.15, -0.1) is 11.8 Å². The summed E-state index contributed by atoms with van der Waals surface area (Å²) >= 11 is 1.71. The van der Waals surface area contributed by atoms with Crippen LogP contribution in [0.25, 0.3) is 0 Å². The minimum absolute atomic E-state index is 0.310. The number of ether oxygens (including phenoxy) is 1. The van der Waals surface area contributed by atoms with Gasteiger partial charge < -0.3 is 18.9 Å². The van der Waals surface area contributed by atoms with E-state index in [1.54, 1.807) is 11.8 Å². The van der Waals surface area contributed by atoms with Crippen LogP contribution in [0.3, 0.4) is 0 Å². The number of hydrogen-bond donors (Lipinski definition) is 0. The summed E-state index contributed by atoms with van der Waals surface area (Å²) in [6, 6.07) is 6.30. The lowest BCUT2D eigenvalue weighted by atomic mass is 9.79. The fourth-order valence-electron chi connectivity index (χ4n) is 3.19. The van der Waals surface area contributed by atoms with Gasteiger partial charge in [-0.1, -0.05) is 6.07 Å². The van der Waals surface area contributed by atoms with Crippen LogP contribution in [0.2, 0.25) is 0 Å². The van der Waals surface area contributed by atoms with E-state index in [1.807, 2.05) is 0 Å². The Morgan fingerprint density at radius 1 is 1.12 bits per heavy atom. The average Bonchev–Trinajstić information content (AvgIpc) is 2.78. The van der Waals surface area contributed by atoms with E-state index in [1.165, 1.54) is 0 Å². The second kappa shape index (κ2) is 7.14. The number of thioether (sulfide) groups is 1. The maximum absolute atomic E-state index is 6.30. The molecule has 3 rings (SSSR count). The SMILES string of the molecule is CSc1cc(B2OC(C)(C)C(C)(C)O2)ccc1OC1CCN(C)CC1. The maximum atomic E-state index is 6.30. The molecule has 0 N–H and O–H groups in total. The van der Waals surface area contributed by atoms with Crippen LogP contribution in [-0.4, -0.2) is 55.7 Å². The third-order valence-electron chi connectivity index (χ3n) is 5.67. The molecule has 2 fully saturated rings. The fourth-order valence-corrected chi connectivity index (χ4v) is 3.76. The molecule has 2 heterocycles. The summed E-state index contributed by atoms with van der Waals surface area (Å²) in [5, 5.41) is 0. The van der Waals surface area contributed by atoms with Crippen LogP contribution in [-0.2, 0) is 9.31 Å². The predicted octanol–water partition coefficient (Wildman–Crippen LogP) is 3.18. The van der Waals surface area contributed by atoms with Crippen molar-refractivity contribution in [1.29, 1.82) is 0 Å². The van der Waals surface area contributed by atoms with Crippen molar-refractivity contribution in [1.82, 2.24) is 4.90 Å².